The first-order valence-electron chi connectivity index (χ1n) is 17.5. The van der Waals surface area contributed by atoms with Crippen LogP contribution in [0.4, 0.5) is 22.0 Å². The standard InChI is InChI=1S/C38H45F5N2O5/c1-32(2)21-49-35(50-22-32)14-11-29-30-26(10-13-34(29,47)20-35)28-12-15-36(48,37(39,40)38(41,42)43)33(28,3)17-27(30)24-8-6-23(7-9-24)18-45-31(46)25-5-4-16-44-19-25/h4-9,16,19,26-28,47-48H,10-15,17-18,20-22H2,1-3H3,(H,45,46)/t26?,27-,28?,33+,34?,36+/m1/s1. The summed E-state index contributed by atoms with van der Waals surface area (Å²) in [5.74, 6) is -8.23. The molecule has 4 fully saturated rings. The largest absolute Gasteiger partial charge is 0.456 e. The predicted octanol–water partition coefficient (Wildman–Crippen LogP) is 7.23. The van der Waals surface area contributed by atoms with Crippen LogP contribution in [0.25, 0.3) is 0 Å². The number of pyridine rings is 1. The number of aromatic nitrogens is 1. The number of hydrogen-bond acceptors (Lipinski definition) is 6. The van der Waals surface area contributed by atoms with E-state index in [1.807, 2.05) is 26.0 Å². The molecule has 3 N–H and O–H groups in total. The van der Waals surface area contributed by atoms with Gasteiger partial charge in [-0.2, -0.15) is 22.0 Å². The second-order valence-corrected chi connectivity index (χ2v) is 16.4. The fourth-order valence-electron chi connectivity index (χ4n) is 9.96. The number of carbonyl (C=O) groups is 1. The molecule has 3 saturated carbocycles. The van der Waals surface area contributed by atoms with Crippen molar-refractivity contribution in [3.05, 3.63) is 76.6 Å². The lowest BCUT2D eigenvalue weighted by molar-refractivity contribution is -0.362. The third-order valence-corrected chi connectivity index (χ3v) is 12.7. The second kappa shape index (κ2) is 11.8. The SMILES string of the molecule is CC1(C)COC2(CCC3=C4C(CCC3(O)C2)C2CC[C@@](O)(C(F)(F)C(F)(F)F)[C@@]2(C)C[C@@H]4c2ccc(CNC(=O)c3cccnc3)cc2)OC1. The topological polar surface area (TPSA) is 101 Å². The number of hydrogen-bond donors (Lipinski definition) is 3. The van der Waals surface area contributed by atoms with E-state index in [-0.39, 0.29) is 43.6 Å². The fourth-order valence-corrected chi connectivity index (χ4v) is 9.96. The Hall–Kier alpha value is -2.93. The van der Waals surface area contributed by atoms with E-state index < -0.39 is 58.7 Å². The van der Waals surface area contributed by atoms with Crippen LogP contribution in [0.5, 0.6) is 0 Å². The quantitative estimate of drug-likeness (QED) is 0.224. The van der Waals surface area contributed by atoms with Gasteiger partial charge in [0.05, 0.1) is 24.4 Å². The van der Waals surface area contributed by atoms with Crippen molar-refractivity contribution in [2.24, 2.45) is 22.7 Å². The van der Waals surface area contributed by atoms with Crippen LogP contribution in [0.15, 0.2) is 59.9 Å². The van der Waals surface area contributed by atoms with Crippen LogP contribution in [0.1, 0.15) is 99.5 Å². The number of amides is 1. The van der Waals surface area contributed by atoms with E-state index in [1.54, 1.807) is 30.5 Å². The molecule has 7 nitrogen and oxygen atoms in total. The summed E-state index contributed by atoms with van der Waals surface area (Å²) in [5, 5.41) is 26.8. The molecule has 272 valence electrons. The highest BCUT2D eigenvalue weighted by Gasteiger charge is 2.79. The van der Waals surface area contributed by atoms with Crippen LogP contribution in [0.2, 0.25) is 0 Å². The van der Waals surface area contributed by atoms with Crippen molar-refractivity contribution in [1.29, 1.82) is 0 Å². The fraction of sp³-hybridized carbons (Fsp3) is 0.632. The molecule has 1 amide bonds. The third-order valence-electron chi connectivity index (χ3n) is 12.7. The van der Waals surface area contributed by atoms with Gasteiger partial charge in [-0.1, -0.05) is 50.6 Å². The van der Waals surface area contributed by atoms with E-state index in [0.29, 0.717) is 43.6 Å². The lowest BCUT2D eigenvalue weighted by Crippen LogP contribution is -2.65. The number of allylic oxidation sites excluding steroid dienone is 1. The molecule has 7 rings (SSSR count). The van der Waals surface area contributed by atoms with Crippen molar-refractivity contribution in [2.45, 2.75) is 114 Å². The third kappa shape index (κ3) is 5.51. The molecule has 6 atom stereocenters. The van der Waals surface area contributed by atoms with Crippen LogP contribution in [0, 0.1) is 22.7 Å². The summed E-state index contributed by atoms with van der Waals surface area (Å²) in [6, 6.07) is 10.5. The van der Waals surface area contributed by atoms with E-state index in [9.17, 15) is 28.2 Å². The van der Waals surface area contributed by atoms with Crippen molar-refractivity contribution in [2.75, 3.05) is 13.2 Å². The van der Waals surface area contributed by atoms with E-state index in [0.717, 1.165) is 16.7 Å². The normalized spacial score (nSPS) is 34.9. The van der Waals surface area contributed by atoms with Gasteiger partial charge in [-0.25, -0.2) is 0 Å². The zero-order chi connectivity index (χ0) is 36.0. The van der Waals surface area contributed by atoms with Crippen molar-refractivity contribution in [1.82, 2.24) is 10.3 Å². The molecule has 3 unspecified atom stereocenters. The molecule has 0 bridgehead atoms. The van der Waals surface area contributed by atoms with Gasteiger partial charge in [0.25, 0.3) is 5.91 Å². The van der Waals surface area contributed by atoms with Gasteiger partial charge < -0.3 is 25.0 Å². The molecule has 1 saturated heterocycles. The average Bonchev–Trinajstić information content (AvgIpc) is 3.35. The molecular weight excluding hydrogens is 659 g/mol. The Morgan fingerprint density at radius 3 is 2.32 bits per heavy atom. The average molecular weight is 705 g/mol. The van der Waals surface area contributed by atoms with Gasteiger partial charge >= 0.3 is 12.1 Å². The number of carbonyl (C=O) groups excluding carboxylic acids is 1. The Kier molecular flexibility index (Phi) is 8.37. The van der Waals surface area contributed by atoms with Crippen molar-refractivity contribution in [3.63, 3.8) is 0 Å². The minimum Gasteiger partial charge on any atom is -0.385 e. The molecule has 1 aromatic carbocycles. The van der Waals surface area contributed by atoms with Gasteiger partial charge in [0, 0.05) is 48.5 Å². The molecule has 1 spiro atoms. The predicted molar refractivity (Wildman–Crippen MR) is 173 cm³/mol. The Morgan fingerprint density at radius 2 is 1.68 bits per heavy atom. The first kappa shape index (κ1) is 35.5. The Morgan fingerprint density at radius 1 is 0.980 bits per heavy atom. The van der Waals surface area contributed by atoms with E-state index in [1.165, 1.54) is 13.1 Å². The lowest BCUT2D eigenvalue weighted by Gasteiger charge is -2.59. The van der Waals surface area contributed by atoms with Crippen LogP contribution in [0.3, 0.4) is 0 Å². The van der Waals surface area contributed by atoms with Crippen molar-refractivity contribution in [3.8, 4) is 0 Å². The van der Waals surface area contributed by atoms with Crippen LogP contribution in [-0.2, 0) is 16.0 Å². The highest BCUT2D eigenvalue weighted by Crippen LogP contribution is 2.71. The summed E-state index contributed by atoms with van der Waals surface area (Å²) < 4.78 is 85.3. The summed E-state index contributed by atoms with van der Waals surface area (Å²) in [4.78, 5) is 16.6. The minimum atomic E-state index is -5.92. The Bertz CT molecular complexity index is 1650. The summed E-state index contributed by atoms with van der Waals surface area (Å²) in [7, 11) is 0. The van der Waals surface area contributed by atoms with Gasteiger partial charge in [-0.15, -0.1) is 0 Å². The van der Waals surface area contributed by atoms with Gasteiger partial charge in [0.2, 0.25) is 0 Å². The second-order valence-electron chi connectivity index (χ2n) is 16.4. The number of halogens is 5. The number of ether oxygens (including phenoxy) is 2. The number of fused-ring (bicyclic) bond motifs is 4. The first-order chi connectivity index (χ1) is 23.3. The number of nitrogens with one attached hydrogen (secondary N) is 1. The first-order valence-corrected chi connectivity index (χ1v) is 17.5. The minimum absolute atomic E-state index is 0.0199. The smallest absolute Gasteiger partial charge is 0.385 e. The number of alkyl halides is 5. The Labute approximate surface area is 288 Å². The zero-order valence-electron chi connectivity index (χ0n) is 28.6. The monoisotopic (exact) mass is 704 g/mol. The Balaban J connectivity index is 1.25. The van der Waals surface area contributed by atoms with E-state index >= 15 is 8.78 Å². The molecule has 4 aliphatic carbocycles. The highest BCUT2D eigenvalue weighted by atomic mass is 19.4. The van der Waals surface area contributed by atoms with Gasteiger partial charge in [0.15, 0.2) is 5.79 Å². The molecule has 5 aliphatic rings. The number of rotatable bonds is 5. The maximum absolute atomic E-state index is 15.4. The molecule has 2 heterocycles. The van der Waals surface area contributed by atoms with Crippen LogP contribution in [-0.4, -0.2) is 63.4 Å². The van der Waals surface area contributed by atoms with Gasteiger partial charge in [-0.3, -0.25) is 9.78 Å². The van der Waals surface area contributed by atoms with Crippen molar-refractivity contribution < 1.29 is 46.4 Å². The van der Waals surface area contributed by atoms with Crippen LogP contribution >= 0.6 is 0 Å². The highest BCUT2D eigenvalue weighted by molar-refractivity contribution is 5.93. The zero-order valence-corrected chi connectivity index (χ0v) is 28.6. The van der Waals surface area contributed by atoms with E-state index in [4.69, 9.17) is 9.47 Å². The van der Waals surface area contributed by atoms with Gasteiger partial charge in [-0.05, 0) is 79.2 Å². The number of nitrogens with zero attached hydrogens (tertiary/aromatic N) is 1. The lowest BCUT2D eigenvalue weighted by atomic mass is 9.49. The number of benzene rings is 1. The summed E-state index contributed by atoms with van der Waals surface area (Å²) in [6.45, 7) is 6.65. The maximum atomic E-state index is 15.4. The molecule has 2 aromatic rings. The molecule has 1 aliphatic heterocycles. The van der Waals surface area contributed by atoms with Crippen LogP contribution < -0.4 is 5.32 Å². The molecule has 0 radical (unpaired) electrons. The molecular formula is C38H45F5N2O5. The summed E-state index contributed by atoms with van der Waals surface area (Å²) in [6.07, 6.45) is -1.90. The maximum Gasteiger partial charge on any atom is 0.456 e. The number of aliphatic hydroxyl groups is 2. The molecule has 50 heavy (non-hydrogen) atoms. The van der Waals surface area contributed by atoms with E-state index in [2.05, 4.69) is 10.3 Å². The van der Waals surface area contributed by atoms with Crippen molar-refractivity contribution >= 4 is 5.91 Å². The molecule has 12 heteroatoms. The van der Waals surface area contributed by atoms with Gasteiger partial charge in [0.1, 0.15) is 5.60 Å². The summed E-state index contributed by atoms with van der Waals surface area (Å²) >= 11 is 0. The summed E-state index contributed by atoms with van der Waals surface area (Å²) in [5.41, 5.74) is -2.98. The molecule has 1 aromatic heterocycles.